The molecule has 160 valence electrons. The van der Waals surface area contributed by atoms with Gasteiger partial charge in [0.15, 0.2) is 0 Å². The largest absolute Gasteiger partial charge is 0.205 e. The third-order valence-electron chi connectivity index (χ3n) is 8.69. The lowest BCUT2D eigenvalue weighted by Gasteiger charge is -2.40. The maximum absolute atomic E-state index is 14.2. The molecule has 1 unspecified atom stereocenters. The van der Waals surface area contributed by atoms with Gasteiger partial charge in [0.25, 0.3) is 0 Å². The second-order valence-electron chi connectivity index (χ2n) is 10.2. The van der Waals surface area contributed by atoms with Crippen LogP contribution in [0.5, 0.6) is 0 Å². The number of halogens is 2. The highest BCUT2D eigenvalue weighted by Gasteiger charge is 2.33. The molecule has 1 atom stereocenters. The van der Waals surface area contributed by atoms with Crippen molar-refractivity contribution in [1.82, 2.24) is 0 Å². The standard InChI is InChI=1S/C27H38ClF/c1-3-19-5-7-20(8-6-19)21-9-11-22(12-10-21)23-13-15-24(16-14-23)25-17-4-18(2)27(29)26(25)28/h4,15,17,19-23H,3,5-14,16H2,1-2H3. The molecule has 1 aromatic carbocycles. The Hall–Kier alpha value is -0.820. The highest BCUT2D eigenvalue weighted by atomic mass is 35.5. The first-order chi connectivity index (χ1) is 14.1. The fourth-order valence-corrected chi connectivity index (χ4v) is 6.91. The fraction of sp³-hybridized carbons (Fsp3) is 0.704. The van der Waals surface area contributed by atoms with Crippen molar-refractivity contribution in [3.63, 3.8) is 0 Å². The third-order valence-corrected chi connectivity index (χ3v) is 9.06. The lowest BCUT2D eigenvalue weighted by molar-refractivity contribution is 0.122. The topological polar surface area (TPSA) is 0 Å². The Balaban J connectivity index is 1.29. The van der Waals surface area contributed by atoms with Crippen LogP contribution in [0.15, 0.2) is 18.2 Å². The van der Waals surface area contributed by atoms with Crippen LogP contribution in [0.1, 0.15) is 95.1 Å². The molecule has 0 aromatic heterocycles. The molecule has 0 aliphatic heterocycles. The van der Waals surface area contributed by atoms with Crippen molar-refractivity contribution in [3.8, 4) is 0 Å². The number of rotatable bonds is 4. The summed E-state index contributed by atoms with van der Waals surface area (Å²) >= 11 is 6.31. The van der Waals surface area contributed by atoms with Crippen molar-refractivity contribution in [3.05, 3.63) is 40.2 Å². The molecule has 4 rings (SSSR count). The Bertz CT molecular complexity index is 720. The minimum absolute atomic E-state index is 0.251. The number of hydrogen-bond donors (Lipinski definition) is 0. The zero-order chi connectivity index (χ0) is 20.4. The van der Waals surface area contributed by atoms with Crippen molar-refractivity contribution in [2.45, 2.75) is 90.9 Å². The molecule has 0 heterocycles. The Morgan fingerprint density at radius 1 is 0.862 bits per heavy atom. The molecule has 1 aromatic rings. The summed E-state index contributed by atoms with van der Waals surface area (Å²) in [5.74, 6) is 4.52. The van der Waals surface area contributed by atoms with Crippen LogP contribution >= 0.6 is 11.6 Å². The zero-order valence-electron chi connectivity index (χ0n) is 18.4. The zero-order valence-corrected chi connectivity index (χ0v) is 19.1. The van der Waals surface area contributed by atoms with E-state index in [1.165, 1.54) is 69.8 Å². The number of hydrogen-bond acceptors (Lipinski definition) is 0. The highest BCUT2D eigenvalue weighted by molar-refractivity contribution is 6.32. The predicted octanol–water partition coefficient (Wildman–Crippen LogP) is 8.99. The second kappa shape index (κ2) is 9.54. The molecule has 2 fully saturated rings. The SMILES string of the molecule is CCC1CCC(C2CCC(C3CC=C(c4ccc(C)c(F)c4Cl)CC3)CC2)CC1. The summed E-state index contributed by atoms with van der Waals surface area (Å²) in [7, 11) is 0. The lowest BCUT2D eigenvalue weighted by Crippen LogP contribution is -2.28. The van der Waals surface area contributed by atoms with Gasteiger partial charge in [-0.25, -0.2) is 4.39 Å². The van der Waals surface area contributed by atoms with E-state index in [2.05, 4.69) is 13.0 Å². The average Bonchev–Trinajstić information content (AvgIpc) is 2.78. The van der Waals surface area contributed by atoms with E-state index >= 15 is 0 Å². The van der Waals surface area contributed by atoms with Gasteiger partial charge in [-0.05, 0) is 111 Å². The first-order valence-corrected chi connectivity index (χ1v) is 12.6. The smallest absolute Gasteiger partial charge is 0.145 e. The summed E-state index contributed by atoms with van der Waals surface area (Å²) in [4.78, 5) is 0. The van der Waals surface area contributed by atoms with Gasteiger partial charge in [-0.15, -0.1) is 0 Å². The maximum atomic E-state index is 14.2. The Morgan fingerprint density at radius 2 is 1.45 bits per heavy atom. The van der Waals surface area contributed by atoms with E-state index in [1.54, 1.807) is 6.92 Å². The molecule has 0 radical (unpaired) electrons. The maximum Gasteiger partial charge on any atom is 0.145 e. The van der Waals surface area contributed by atoms with Gasteiger partial charge in [-0.3, -0.25) is 0 Å². The average molecular weight is 417 g/mol. The van der Waals surface area contributed by atoms with E-state index in [9.17, 15) is 4.39 Å². The minimum atomic E-state index is -0.251. The van der Waals surface area contributed by atoms with Crippen LogP contribution in [0, 0.1) is 42.3 Å². The molecule has 29 heavy (non-hydrogen) atoms. The third kappa shape index (κ3) is 4.76. The Labute approximate surface area is 182 Å². The quantitative estimate of drug-likeness (QED) is 0.459. The van der Waals surface area contributed by atoms with Crippen molar-refractivity contribution < 1.29 is 4.39 Å². The van der Waals surface area contributed by atoms with Crippen LogP contribution in [-0.4, -0.2) is 0 Å². The van der Waals surface area contributed by atoms with E-state index in [0.29, 0.717) is 10.6 Å². The molecule has 0 amide bonds. The number of aryl methyl sites for hydroxylation is 1. The first-order valence-electron chi connectivity index (χ1n) is 12.2. The summed E-state index contributed by atoms with van der Waals surface area (Å²) in [6, 6.07) is 3.87. The van der Waals surface area contributed by atoms with Crippen molar-refractivity contribution >= 4 is 17.2 Å². The van der Waals surface area contributed by atoms with Gasteiger partial charge in [-0.2, -0.15) is 0 Å². The molecular weight excluding hydrogens is 379 g/mol. The van der Waals surface area contributed by atoms with E-state index in [1.807, 2.05) is 12.1 Å². The van der Waals surface area contributed by atoms with Gasteiger partial charge < -0.3 is 0 Å². The van der Waals surface area contributed by atoms with Gasteiger partial charge >= 0.3 is 0 Å². The normalized spacial score (nSPS) is 33.4. The van der Waals surface area contributed by atoms with Crippen LogP contribution in [0.25, 0.3) is 5.57 Å². The van der Waals surface area contributed by atoms with Crippen LogP contribution in [0.4, 0.5) is 4.39 Å². The molecule has 3 aliphatic rings. The molecule has 0 N–H and O–H groups in total. The van der Waals surface area contributed by atoms with Crippen molar-refractivity contribution in [2.75, 3.05) is 0 Å². The van der Waals surface area contributed by atoms with Crippen LogP contribution in [0.3, 0.4) is 0 Å². The monoisotopic (exact) mass is 416 g/mol. The van der Waals surface area contributed by atoms with E-state index in [0.717, 1.165) is 48.0 Å². The van der Waals surface area contributed by atoms with Crippen LogP contribution in [0.2, 0.25) is 5.02 Å². The summed E-state index contributed by atoms with van der Waals surface area (Å²) in [6.45, 7) is 4.14. The molecular formula is C27H38ClF. The molecule has 0 nitrogen and oxygen atoms in total. The lowest BCUT2D eigenvalue weighted by atomic mass is 9.65. The minimum Gasteiger partial charge on any atom is -0.205 e. The first kappa shape index (κ1) is 21.4. The predicted molar refractivity (Wildman–Crippen MR) is 123 cm³/mol. The van der Waals surface area contributed by atoms with Crippen LogP contribution < -0.4 is 0 Å². The van der Waals surface area contributed by atoms with E-state index < -0.39 is 0 Å². The van der Waals surface area contributed by atoms with Crippen LogP contribution in [-0.2, 0) is 0 Å². The van der Waals surface area contributed by atoms with E-state index in [4.69, 9.17) is 11.6 Å². The summed E-state index contributed by atoms with van der Waals surface area (Å²) in [5.41, 5.74) is 2.80. The highest BCUT2D eigenvalue weighted by Crippen LogP contribution is 2.46. The van der Waals surface area contributed by atoms with Gasteiger partial charge in [-0.1, -0.05) is 56.0 Å². The summed E-state index contributed by atoms with van der Waals surface area (Å²) in [6.07, 6.45) is 19.0. The van der Waals surface area contributed by atoms with Gasteiger partial charge in [0.2, 0.25) is 0 Å². The summed E-state index contributed by atoms with van der Waals surface area (Å²) in [5, 5.41) is 0.313. The van der Waals surface area contributed by atoms with Gasteiger partial charge in [0.1, 0.15) is 5.82 Å². The molecule has 3 aliphatic carbocycles. The second-order valence-corrected chi connectivity index (χ2v) is 10.6. The van der Waals surface area contributed by atoms with Crippen molar-refractivity contribution in [2.24, 2.45) is 29.6 Å². The molecule has 0 bridgehead atoms. The molecule has 2 heteroatoms. The van der Waals surface area contributed by atoms with Crippen molar-refractivity contribution in [1.29, 1.82) is 0 Å². The van der Waals surface area contributed by atoms with Gasteiger partial charge in [0, 0.05) is 0 Å². The number of allylic oxidation sites excluding steroid dienone is 2. The number of benzene rings is 1. The fourth-order valence-electron chi connectivity index (χ4n) is 6.58. The Kier molecular flexibility index (Phi) is 7.05. The summed E-state index contributed by atoms with van der Waals surface area (Å²) < 4.78 is 14.2. The van der Waals surface area contributed by atoms with Gasteiger partial charge in [0.05, 0.1) is 5.02 Å². The molecule has 2 saturated carbocycles. The molecule has 0 saturated heterocycles. The van der Waals surface area contributed by atoms with E-state index in [-0.39, 0.29) is 5.82 Å². The Morgan fingerprint density at radius 3 is 2.00 bits per heavy atom. The molecule has 0 spiro atoms.